The van der Waals surface area contributed by atoms with Gasteiger partial charge in [0.15, 0.2) is 0 Å². The van der Waals surface area contributed by atoms with Crippen molar-refractivity contribution in [3.05, 3.63) is 18.2 Å². The van der Waals surface area contributed by atoms with Gasteiger partial charge in [0.1, 0.15) is 0 Å². The standard InChI is InChI=1S/C12H21N3/c1-13-11(7-10-5-3-4-6-10)12-8-14-9-15(12)2/h8-11,13H,3-7H2,1-2H3. The van der Waals surface area contributed by atoms with Gasteiger partial charge in [0.05, 0.1) is 12.0 Å². The highest BCUT2D eigenvalue weighted by atomic mass is 15.1. The van der Waals surface area contributed by atoms with Crippen LogP contribution in [0.1, 0.15) is 43.8 Å². The van der Waals surface area contributed by atoms with Gasteiger partial charge in [-0.15, -0.1) is 0 Å². The first kappa shape index (κ1) is 10.7. The summed E-state index contributed by atoms with van der Waals surface area (Å²) in [5.74, 6) is 0.914. The van der Waals surface area contributed by atoms with E-state index in [1.54, 1.807) is 0 Å². The van der Waals surface area contributed by atoms with Crippen LogP contribution in [-0.4, -0.2) is 16.6 Å². The summed E-state index contributed by atoms with van der Waals surface area (Å²) in [6, 6.07) is 0.473. The lowest BCUT2D eigenvalue weighted by Gasteiger charge is -2.20. The summed E-state index contributed by atoms with van der Waals surface area (Å²) in [6.45, 7) is 0. The highest BCUT2D eigenvalue weighted by Gasteiger charge is 2.21. The van der Waals surface area contributed by atoms with Crippen LogP contribution in [0.3, 0.4) is 0 Å². The summed E-state index contributed by atoms with van der Waals surface area (Å²) in [7, 11) is 4.12. The Labute approximate surface area is 91.9 Å². The summed E-state index contributed by atoms with van der Waals surface area (Å²) in [4.78, 5) is 4.19. The van der Waals surface area contributed by atoms with Gasteiger partial charge in [-0.3, -0.25) is 0 Å². The molecule has 84 valence electrons. The van der Waals surface area contributed by atoms with E-state index >= 15 is 0 Å². The Morgan fingerprint density at radius 2 is 2.27 bits per heavy atom. The Kier molecular flexibility index (Phi) is 3.41. The number of aromatic nitrogens is 2. The molecule has 0 aliphatic heterocycles. The molecule has 1 unspecified atom stereocenters. The van der Waals surface area contributed by atoms with Gasteiger partial charge in [-0.05, 0) is 19.4 Å². The Balaban J connectivity index is 2.00. The van der Waals surface area contributed by atoms with Crippen molar-refractivity contribution in [3.8, 4) is 0 Å². The molecule has 1 heterocycles. The van der Waals surface area contributed by atoms with E-state index < -0.39 is 0 Å². The van der Waals surface area contributed by atoms with Crippen LogP contribution in [0, 0.1) is 5.92 Å². The molecule has 2 rings (SSSR count). The Morgan fingerprint density at radius 1 is 1.53 bits per heavy atom. The molecule has 1 aromatic rings. The van der Waals surface area contributed by atoms with Gasteiger partial charge in [0.2, 0.25) is 0 Å². The molecule has 15 heavy (non-hydrogen) atoms. The number of nitrogens with zero attached hydrogens (tertiary/aromatic N) is 2. The minimum atomic E-state index is 0.473. The highest BCUT2D eigenvalue weighted by molar-refractivity contribution is 5.05. The van der Waals surface area contributed by atoms with Crippen LogP contribution >= 0.6 is 0 Å². The first-order chi connectivity index (χ1) is 7.31. The zero-order valence-corrected chi connectivity index (χ0v) is 9.74. The molecule has 1 N–H and O–H groups in total. The van der Waals surface area contributed by atoms with E-state index in [-0.39, 0.29) is 0 Å². The molecule has 1 aliphatic carbocycles. The SMILES string of the molecule is CNC(CC1CCCC1)c1cncn1C. The highest BCUT2D eigenvalue weighted by Crippen LogP contribution is 2.32. The van der Waals surface area contributed by atoms with E-state index in [9.17, 15) is 0 Å². The minimum Gasteiger partial charge on any atom is -0.336 e. The van der Waals surface area contributed by atoms with Crippen molar-refractivity contribution in [3.63, 3.8) is 0 Å². The van der Waals surface area contributed by atoms with Crippen molar-refractivity contribution in [2.45, 2.75) is 38.1 Å². The predicted octanol–water partition coefficient (Wildman–Crippen LogP) is 2.26. The lowest BCUT2D eigenvalue weighted by Crippen LogP contribution is -2.21. The van der Waals surface area contributed by atoms with E-state index in [4.69, 9.17) is 0 Å². The van der Waals surface area contributed by atoms with E-state index in [1.807, 2.05) is 19.6 Å². The van der Waals surface area contributed by atoms with Crippen LogP contribution in [0.4, 0.5) is 0 Å². The van der Waals surface area contributed by atoms with Gasteiger partial charge in [0.25, 0.3) is 0 Å². The molecule has 1 aliphatic rings. The molecule has 0 spiro atoms. The van der Waals surface area contributed by atoms with E-state index in [2.05, 4.69) is 21.9 Å². The normalized spacial score (nSPS) is 19.6. The molecule has 1 aromatic heterocycles. The van der Waals surface area contributed by atoms with Crippen molar-refractivity contribution >= 4 is 0 Å². The maximum atomic E-state index is 4.19. The smallest absolute Gasteiger partial charge is 0.0946 e. The molecule has 1 saturated carbocycles. The number of hydrogen-bond acceptors (Lipinski definition) is 2. The number of nitrogens with one attached hydrogen (secondary N) is 1. The topological polar surface area (TPSA) is 29.9 Å². The van der Waals surface area contributed by atoms with Crippen LogP contribution in [0.2, 0.25) is 0 Å². The third-order valence-electron chi connectivity index (χ3n) is 3.60. The van der Waals surface area contributed by atoms with Gasteiger partial charge in [0, 0.05) is 19.3 Å². The monoisotopic (exact) mass is 207 g/mol. The predicted molar refractivity (Wildman–Crippen MR) is 61.6 cm³/mol. The number of hydrogen-bond donors (Lipinski definition) is 1. The third-order valence-corrected chi connectivity index (χ3v) is 3.60. The zero-order valence-electron chi connectivity index (χ0n) is 9.74. The average Bonchev–Trinajstić information content (AvgIpc) is 2.85. The molecule has 0 bridgehead atoms. The van der Waals surface area contributed by atoms with Crippen LogP contribution < -0.4 is 5.32 Å². The molecule has 0 radical (unpaired) electrons. The molecule has 3 nitrogen and oxygen atoms in total. The molecule has 1 atom stereocenters. The molecule has 0 aromatic carbocycles. The van der Waals surface area contributed by atoms with E-state index in [0.717, 1.165) is 5.92 Å². The van der Waals surface area contributed by atoms with Crippen molar-refractivity contribution in [2.24, 2.45) is 13.0 Å². The largest absolute Gasteiger partial charge is 0.336 e. The molecule has 0 amide bonds. The summed E-state index contributed by atoms with van der Waals surface area (Å²) in [5.41, 5.74) is 1.31. The van der Waals surface area contributed by atoms with Gasteiger partial charge in [-0.25, -0.2) is 4.98 Å². The van der Waals surface area contributed by atoms with Crippen LogP contribution in [0.25, 0.3) is 0 Å². The summed E-state index contributed by atoms with van der Waals surface area (Å²) < 4.78 is 2.12. The van der Waals surface area contributed by atoms with Crippen molar-refractivity contribution in [1.29, 1.82) is 0 Å². The van der Waals surface area contributed by atoms with Crippen molar-refractivity contribution < 1.29 is 0 Å². The second-order valence-electron chi connectivity index (χ2n) is 4.66. The average molecular weight is 207 g/mol. The minimum absolute atomic E-state index is 0.473. The molecular formula is C12H21N3. The van der Waals surface area contributed by atoms with Gasteiger partial charge >= 0.3 is 0 Å². The fourth-order valence-corrected chi connectivity index (χ4v) is 2.67. The molecule has 3 heteroatoms. The van der Waals surface area contributed by atoms with Crippen LogP contribution in [0.5, 0.6) is 0 Å². The summed E-state index contributed by atoms with van der Waals surface area (Å²) in [5, 5.41) is 3.41. The number of aryl methyl sites for hydroxylation is 1. The maximum Gasteiger partial charge on any atom is 0.0946 e. The van der Waals surface area contributed by atoms with Crippen molar-refractivity contribution in [2.75, 3.05) is 7.05 Å². The first-order valence-electron chi connectivity index (χ1n) is 5.94. The summed E-state index contributed by atoms with van der Waals surface area (Å²) in [6.07, 6.45) is 10.8. The lowest BCUT2D eigenvalue weighted by atomic mass is 9.97. The third kappa shape index (κ3) is 2.40. The molecular weight excluding hydrogens is 186 g/mol. The van der Waals surface area contributed by atoms with Crippen molar-refractivity contribution in [1.82, 2.24) is 14.9 Å². The van der Waals surface area contributed by atoms with Gasteiger partial charge < -0.3 is 9.88 Å². The first-order valence-corrected chi connectivity index (χ1v) is 5.94. The zero-order chi connectivity index (χ0) is 10.7. The second-order valence-corrected chi connectivity index (χ2v) is 4.66. The Hall–Kier alpha value is -0.830. The molecule has 1 fully saturated rings. The Morgan fingerprint density at radius 3 is 2.80 bits per heavy atom. The fourth-order valence-electron chi connectivity index (χ4n) is 2.67. The van der Waals surface area contributed by atoms with E-state index in [1.165, 1.54) is 37.8 Å². The van der Waals surface area contributed by atoms with Gasteiger partial charge in [-0.1, -0.05) is 25.7 Å². The quantitative estimate of drug-likeness (QED) is 0.820. The summed E-state index contributed by atoms with van der Waals surface area (Å²) >= 11 is 0. The molecule has 0 saturated heterocycles. The van der Waals surface area contributed by atoms with E-state index in [0.29, 0.717) is 6.04 Å². The maximum absolute atomic E-state index is 4.19. The van der Waals surface area contributed by atoms with Crippen LogP contribution in [0.15, 0.2) is 12.5 Å². The fraction of sp³-hybridized carbons (Fsp3) is 0.750. The number of rotatable bonds is 4. The van der Waals surface area contributed by atoms with Gasteiger partial charge in [-0.2, -0.15) is 0 Å². The second kappa shape index (κ2) is 4.79. The lowest BCUT2D eigenvalue weighted by molar-refractivity contribution is 0.402. The number of imidazole rings is 1. The Bertz CT molecular complexity index is 300. The van der Waals surface area contributed by atoms with Crippen LogP contribution in [-0.2, 0) is 7.05 Å².